The van der Waals surface area contributed by atoms with E-state index in [2.05, 4.69) is 36.5 Å². The van der Waals surface area contributed by atoms with Gasteiger partial charge in [0, 0.05) is 13.6 Å². The number of halogens is 1. The second kappa shape index (κ2) is 7.65. The van der Waals surface area contributed by atoms with E-state index in [0.717, 1.165) is 29.3 Å². The number of ether oxygens (including phenoxy) is 1. The third-order valence-electron chi connectivity index (χ3n) is 3.33. The lowest BCUT2D eigenvalue weighted by Crippen LogP contribution is -2.20. The van der Waals surface area contributed by atoms with Crippen LogP contribution in [0.3, 0.4) is 0 Å². The zero-order valence-electron chi connectivity index (χ0n) is 11.3. The lowest BCUT2D eigenvalue weighted by Gasteiger charge is -2.22. The molecule has 1 aromatic rings. The van der Waals surface area contributed by atoms with Crippen molar-refractivity contribution in [3.63, 3.8) is 0 Å². The number of aromatic nitrogens is 2. The van der Waals surface area contributed by atoms with Gasteiger partial charge in [-0.15, -0.1) is 0 Å². The highest BCUT2D eigenvalue weighted by Gasteiger charge is 2.13. The maximum Gasteiger partial charge on any atom is 0.146 e. The van der Waals surface area contributed by atoms with E-state index < -0.39 is 0 Å². The van der Waals surface area contributed by atoms with Gasteiger partial charge in [-0.3, -0.25) is 0 Å². The summed E-state index contributed by atoms with van der Waals surface area (Å²) in [4.78, 5) is 8.33. The quantitative estimate of drug-likeness (QED) is 0.786. The second-order valence-corrected chi connectivity index (χ2v) is 5.49. The Morgan fingerprint density at radius 3 is 2.74 bits per heavy atom. The summed E-state index contributed by atoms with van der Waals surface area (Å²) in [6, 6.07) is 0. The Morgan fingerprint density at radius 2 is 2.00 bits per heavy atom. The largest absolute Gasteiger partial charge is 0.376 e. The molecule has 1 aromatic heterocycles. The zero-order valence-corrected chi connectivity index (χ0v) is 12.9. The second-order valence-electron chi connectivity index (χ2n) is 4.69. The van der Waals surface area contributed by atoms with Crippen LogP contribution in [-0.2, 0) is 4.74 Å². The van der Waals surface area contributed by atoms with Gasteiger partial charge in [0.1, 0.15) is 22.4 Å². The summed E-state index contributed by atoms with van der Waals surface area (Å²) < 4.78 is 6.72. The Balaban J connectivity index is 1.73. The summed E-state index contributed by atoms with van der Waals surface area (Å²) in [5.41, 5.74) is 0. The Kier molecular flexibility index (Phi) is 5.85. The van der Waals surface area contributed by atoms with Crippen molar-refractivity contribution in [2.75, 3.05) is 30.8 Å². The van der Waals surface area contributed by atoms with Gasteiger partial charge in [-0.05, 0) is 28.8 Å². The molecule has 0 amide bonds. The Morgan fingerprint density at radius 1 is 1.26 bits per heavy atom. The highest BCUT2D eigenvalue weighted by molar-refractivity contribution is 9.10. The lowest BCUT2D eigenvalue weighted by molar-refractivity contribution is 0.0347. The van der Waals surface area contributed by atoms with Crippen molar-refractivity contribution in [3.05, 3.63) is 10.8 Å². The Hall–Kier alpha value is -0.880. The summed E-state index contributed by atoms with van der Waals surface area (Å²) in [5.74, 6) is 1.58. The third kappa shape index (κ3) is 4.31. The van der Waals surface area contributed by atoms with Crippen molar-refractivity contribution in [3.8, 4) is 0 Å². The van der Waals surface area contributed by atoms with Crippen LogP contribution in [0.25, 0.3) is 0 Å². The van der Waals surface area contributed by atoms with E-state index in [1.807, 2.05) is 7.05 Å². The summed E-state index contributed by atoms with van der Waals surface area (Å²) in [7, 11) is 1.84. The third-order valence-corrected chi connectivity index (χ3v) is 4.08. The summed E-state index contributed by atoms with van der Waals surface area (Å²) in [5, 5.41) is 6.27. The van der Waals surface area contributed by atoms with Crippen molar-refractivity contribution >= 4 is 27.6 Å². The molecule has 0 atom stereocenters. The maximum atomic E-state index is 5.86. The number of hydrogen-bond donors (Lipinski definition) is 2. The van der Waals surface area contributed by atoms with Gasteiger partial charge < -0.3 is 15.4 Å². The molecule has 1 fully saturated rings. The predicted octanol–water partition coefficient (Wildman–Crippen LogP) is 3.04. The van der Waals surface area contributed by atoms with Crippen molar-refractivity contribution in [2.24, 2.45) is 0 Å². The number of rotatable bonds is 6. The van der Waals surface area contributed by atoms with E-state index in [-0.39, 0.29) is 0 Å². The summed E-state index contributed by atoms with van der Waals surface area (Å²) >= 11 is 3.48. The van der Waals surface area contributed by atoms with Gasteiger partial charge >= 0.3 is 0 Å². The summed E-state index contributed by atoms with van der Waals surface area (Å²) in [6.07, 6.45) is 8.39. The fraction of sp³-hybridized carbons (Fsp3) is 0.692. The smallest absolute Gasteiger partial charge is 0.146 e. The van der Waals surface area contributed by atoms with Gasteiger partial charge in [0.15, 0.2) is 0 Å². The van der Waals surface area contributed by atoms with E-state index in [1.54, 1.807) is 6.33 Å². The minimum Gasteiger partial charge on any atom is -0.376 e. The predicted molar refractivity (Wildman–Crippen MR) is 80.6 cm³/mol. The molecule has 2 rings (SSSR count). The number of nitrogens with zero attached hydrogens (tertiary/aromatic N) is 2. The molecule has 1 saturated carbocycles. The van der Waals surface area contributed by atoms with Crippen LogP contribution in [0.4, 0.5) is 11.6 Å². The van der Waals surface area contributed by atoms with Crippen LogP contribution in [0, 0.1) is 0 Å². The van der Waals surface area contributed by atoms with Crippen LogP contribution in [0.2, 0.25) is 0 Å². The Bertz CT molecular complexity index is 396. The molecular formula is C13H21BrN4O. The van der Waals surface area contributed by atoms with Gasteiger partial charge in [0.2, 0.25) is 0 Å². The van der Waals surface area contributed by atoms with Crippen molar-refractivity contribution in [1.29, 1.82) is 0 Å². The highest BCUT2D eigenvalue weighted by atomic mass is 79.9. The average Bonchev–Trinajstić information content (AvgIpc) is 2.46. The average molecular weight is 329 g/mol. The molecule has 106 valence electrons. The van der Waals surface area contributed by atoms with Crippen LogP contribution >= 0.6 is 15.9 Å². The number of anilines is 2. The minimum absolute atomic E-state index is 0.456. The van der Waals surface area contributed by atoms with Crippen LogP contribution in [0.1, 0.15) is 32.1 Å². The summed E-state index contributed by atoms with van der Waals surface area (Å²) in [6.45, 7) is 1.48. The molecule has 0 aliphatic heterocycles. The first-order chi connectivity index (χ1) is 9.31. The maximum absolute atomic E-state index is 5.86. The number of nitrogens with one attached hydrogen (secondary N) is 2. The number of hydrogen-bond acceptors (Lipinski definition) is 5. The molecule has 1 aliphatic carbocycles. The van der Waals surface area contributed by atoms with E-state index in [1.165, 1.54) is 32.1 Å². The molecule has 0 bridgehead atoms. The molecule has 19 heavy (non-hydrogen) atoms. The van der Waals surface area contributed by atoms with Crippen LogP contribution < -0.4 is 10.6 Å². The molecule has 1 aliphatic rings. The van der Waals surface area contributed by atoms with Crippen LogP contribution in [0.5, 0.6) is 0 Å². The lowest BCUT2D eigenvalue weighted by atomic mass is 9.98. The molecule has 6 heteroatoms. The van der Waals surface area contributed by atoms with Crippen molar-refractivity contribution in [2.45, 2.75) is 38.2 Å². The monoisotopic (exact) mass is 328 g/mol. The first-order valence-electron chi connectivity index (χ1n) is 6.85. The minimum atomic E-state index is 0.456. The fourth-order valence-corrected chi connectivity index (χ4v) is 2.84. The molecule has 1 heterocycles. The molecule has 0 spiro atoms. The molecule has 0 saturated heterocycles. The first-order valence-corrected chi connectivity index (χ1v) is 7.64. The topological polar surface area (TPSA) is 59.1 Å². The van der Waals surface area contributed by atoms with E-state index in [0.29, 0.717) is 6.10 Å². The van der Waals surface area contributed by atoms with Gasteiger partial charge in [-0.1, -0.05) is 19.3 Å². The first kappa shape index (κ1) is 14.5. The molecule has 0 aromatic carbocycles. The van der Waals surface area contributed by atoms with E-state index in [9.17, 15) is 0 Å². The van der Waals surface area contributed by atoms with E-state index >= 15 is 0 Å². The van der Waals surface area contributed by atoms with Gasteiger partial charge in [0.25, 0.3) is 0 Å². The molecule has 0 unspecified atom stereocenters. The van der Waals surface area contributed by atoms with Gasteiger partial charge in [0.05, 0.1) is 12.7 Å². The normalized spacial score (nSPS) is 16.3. The highest BCUT2D eigenvalue weighted by Crippen LogP contribution is 2.25. The van der Waals surface area contributed by atoms with Crippen molar-refractivity contribution in [1.82, 2.24) is 9.97 Å². The van der Waals surface area contributed by atoms with Crippen LogP contribution in [0.15, 0.2) is 10.8 Å². The molecular weight excluding hydrogens is 308 g/mol. The van der Waals surface area contributed by atoms with Gasteiger partial charge in [-0.2, -0.15) is 0 Å². The van der Waals surface area contributed by atoms with Crippen molar-refractivity contribution < 1.29 is 4.74 Å². The molecule has 0 radical (unpaired) electrons. The van der Waals surface area contributed by atoms with E-state index in [4.69, 9.17) is 4.74 Å². The molecule has 2 N–H and O–H groups in total. The zero-order chi connectivity index (χ0) is 13.5. The Labute approximate surface area is 122 Å². The SMILES string of the molecule is CNc1ncnc(NCCOC2CCCCC2)c1Br. The van der Waals surface area contributed by atoms with Gasteiger partial charge in [-0.25, -0.2) is 9.97 Å². The fourth-order valence-electron chi connectivity index (χ4n) is 2.29. The van der Waals surface area contributed by atoms with Crippen LogP contribution in [-0.4, -0.2) is 36.3 Å². The molecule has 5 nitrogen and oxygen atoms in total. The standard InChI is InChI=1S/C13H21BrN4O/c1-15-12-11(14)13(18-9-17-12)16-7-8-19-10-5-3-2-4-6-10/h9-10H,2-8H2,1H3,(H2,15,16,17,18).